The van der Waals surface area contributed by atoms with Crippen molar-refractivity contribution >= 4 is 11.8 Å². The van der Waals surface area contributed by atoms with Crippen LogP contribution in [0.3, 0.4) is 0 Å². The summed E-state index contributed by atoms with van der Waals surface area (Å²) in [5.41, 5.74) is 0.731. The van der Waals surface area contributed by atoms with Crippen LogP contribution < -0.4 is 0 Å². The highest BCUT2D eigenvalue weighted by atomic mass is 16.5. The number of hydrogen-bond acceptors (Lipinski definition) is 4. The molecule has 4 nitrogen and oxygen atoms in total. The largest absolute Gasteiger partial charge is 0.469 e. The molecule has 0 fully saturated rings. The fraction of sp³-hybridized carbons (Fsp3) is 0.571. The zero-order valence-electron chi connectivity index (χ0n) is 11.0. The molecule has 1 rings (SSSR count). The molecule has 0 amide bonds. The Morgan fingerprint density at radius 3 is 2.83 bits per heavy atom. The molecule has 0 aromatic heterocycles. The molecule has 0 heterocycles. The Kier molecular flexibility index (Phi) is 6.36. The third-order valence-corrected chi connectivity index (χ3v) is 2.90. The number of carbonyl (C=O) groups is 2. The molecule has 0 radical (unpaired) electrons. The zero-order chi connectivity index (χ0) is 13.4. The van der Waals surface area contributed by atoms with Gasteiger partial charge in [-0.25, -0.2) is 0 Å². The highest BCUT2D eigenvalue weighted by Gasteiger charge is 2.21. The number of Topliss-reactive ketones (excluding diaryl/α,β-unsaturated/α-hetero) is 1. The number of methoxy groups -OCH3 is 2. The predicted molar refractivity (Wildman–Crippen MR) is 68.1 cm³/mol. The number of rotatable bonds is 7. The second-order valence-electron chi connectivity index (χ2n) is 4.25. The Labute approximate surface area is 108 Å². The first kappa shape index (κ1) is 14.6. The quantitative estimate of drug-likeness (QED) is 0.515. The van der Waals surface area contributed by atoms with Gasteiger partial charge in [0.05, 0.1) is 13.2 Å². The summed E-state index contributed by atoms with van der Waals surface area (Å²) in [5, 5.41) is 0. The Morgan fingerprint density at radius 1 is 1.44 bits per heavy atom. The van der Waals surface area contributed by atoms with Crippen LogP contribution in [0.2, 0.25) is 0 Å². The number of unbranched alkanes of at least 4 members (excludes halogenated alkanes) is 2. The summed E-state index contributed by atoms with van der Waals surface area (Å²) in [6, 6.07) is 0. The van der Waals surface area contributed by atoms with Gasteiger partial charge in [-0.1, -0.05) is 12.2 Å². The smallest absolute Gasteiger partial charge is 0.305 e. The second-order valence-corrected chi connectivity index (χ2v) is 4.25. The molecule has 0 saturated carbocycles. The van der Waals surface area contributed by atoms with Crippen molar-refractivity contribution in [1.82, 2.24) is 0 Å². The SMILES string of the molecule is COC(=O)CCCC/C=C\C1=CC(OC)CC1=O. The lowest BCUT2D eigenvalue weighted by atomic mass is 10.1. The fourth-order valence-corrected chi connectivity index (χ4v) is 1.80. The van der Waals surface area contributed by atoms with Gasteiger partial charge in [0.2, 0.25) is 0 Å². The van der Waals surface area contributed by atoms with E-state index in [2.05, 4.69) is 4.74 Å². The first-order valence-corrected chi connectivity index (χ1v) is 6.18. The van der Waals surface area contributed by atoms with Crippen molar-refractivity contribution in [3.05, 3.63) is 23.8 Å². The molecule has 0 aromatic carbocycles. The summed E-state index contributed by atoms with van der Waals surface area (Å²) in [7, 11) is 3.00. The highest BCUT2D eigenvalue weighted by molar-refractivity contribution is 6.00. The molecule has 0 saturated heterocycles. The van der Waals surface area contributed by atoms with Gasteiger partial charge in [0.1, 0.15) is 0 Å². The number of ketones is 1. The van der Waals surface area contributed by atoms with Crippen molar-refractivity contribution in [3.63, 3.8) is 0 Å². The van der Waals surface area contributed by atoms with Crippen LogP contribution in [0.5, 0.6) is 0 Å². The topological polar surface area (TPSA) is 52.6 Å². The minimum atomic E-state index is -0.171. The average molecular weight is 252 g/mol. The molecular formula is C14H20O4. The Morgan fingerprint density at radius 2 is 2.22 bits per heavy atom. The molecule has 0 N–H and O–H groups in total. The van der Waals surface area contributed by atoms with E-state index in [1.807, 2.05) is 18.2 Å². The van der Waals surface area contributed by atoms with Crippen molar-refractivity contribution in [2.24, 2.45) is 0 Å². The van der Waals surface area contributed by atoms with Crippen molar-refractivity contribution in [1.29, 1.82) is 0 Å². The fourth-order valence-electron chi connectivity index (χ4n) is 1.80. The van der Waals surface area contributed by atoms with Crippen LogP contribution in [0.4, 0.5) is 0 Å². The molecule has 1 atom stereocenters. The van der Waals surface area contributed by atoms with E-state index in [-0.39, 0.29) is 17.9 Å². The van der Waals surface area contributed by atoms with Gasteiger partial charge >= 0.3 is 5.97 Å². The van der Waals surface area contributed by atoms with Crippen molar-refractivity contribution in [2.45, 2.75) is 38.2 Å². The van der Waals surface area contributed by atoms with Crippen molar-refractivity contribution in [2.75, 3.05) is 14.2 Å². The first-order valence-electron chi connectivity index (χ1n) is 6.18. The molecule has 0 aromatic rings. The standard InChI is InChI=1S/C14H20O4/c1-17-12-9-11(13(15)10-12)7-5-3-4-6-8-14(16)18-2/h5,7,9,12H,3-4,6,8,10H2,1-2H3/b7-5-. The predicted octanol–water partition coefficient (Wildman–Crippen LogP) is 2.19. The Balaban J connectivity index is 2.21. The van der Waals surface area contributed by atoms with Crippen LogP contribution >= 0.6 is 0 Å². The molecule has 0 aliphatic heterocycles. The summed E-state index contributed by atoms with van der Waals surface area (Å²) in [5.74, 6) is -0.0387. The molecule has 18 heavy (non-hydrogen) atoms. The monoisotopic (exact) mass is 252 g/mol. The first-order chi connectivity index (χ1) is 8.67. The number of esters is 1. The summed E-state index contributed by atoms with van der Waals surface area (Å²) in [4.78, 5) is 22.4. The summed E-state index contributed by atoms with van der Waals surface area (Å²) in [6.07, 6.45) is 9.09. The minimum absolute atomic E-state index is 0.0727. The molecular weight excluding hydrogens is 232 g/mol. The molecule has 1 aliphatic rings. The van der Waals surface area contributed by atoms with Gasteiger partial charge in [0.15, 0.2) is 5.78 Å². The van der Waals surface area contributed by atoms with Crippen molar-refractivity contribution in [3.8, 4) is 0 Å². The third kappa shape index (κ3) is 4.84. The van der Waals surface area contributed by atoms with E-state index in [1.54, 1.807) is 7.11 Å². The van der Waals surface area contributed by atoms with Crippen LogP contribution in [0.1, 0.15) is 32.1 Å². The van der Waals surface area contributed by atoms with E-state index in [1.165, 1.54) is 7.11 Å². The lowest BCUT2D eigenvalue weighted by Crippen LogP contribution is -2.04. The maximum absolute atomic E-state index is 11.5. The van der Waals surface area contributed by atoms with E-state index >= 15 is 0 Å². The lowest BCUT2D eigenvalue weighted by Gasteiger charge is -1.99. The maximum atomic E-state index is 11.5. The zero-order valence-corrected chi connectivity index (χ0v) is 11.0. The van der Waals surface area contributed by atoms with E-state index in [0.717, 1.165) is 24.8 Å². The molecule has 100 valence electrons. The van der Waals surface area contributed by atoms with Gasteiger partial charge in [-0.3, -0.25) is 9.59 Å². The van der Waals surface area contributed by atoms with Gasteiger partial charge in [-0.05, 0) is 25.3 Å². The molecule has 0 spiro atoms. The van der Waals surface area contributed by atoms with E-state index in [0.29, 0.717) is 12.8 Å². The Hall–Kier alpha value is -1.42. The van der Waals surface area contributed by atoms with Crippen LogP contribution in [0, 0.1) is 0 Å². The highest BCUT2D eigenvalue weighted by Crippen LogP contribution is 2.18. The van der Waals surface area contributed by atoms with Crippen LogP contribution in [0.25, 0.3) is 0 Å². The van der Waals surface area contributed by atoms with Gasteiger partial charge < -0.3 is 9.47 Å². The normalized spacial score (nSPS) is 19.3. The maximum Gasteiger partial charge on any atom is 0.305 e. The number of ether oxygens (including phenoxy) is 2. The van der Waals surface area contributed by atoms with Crippen molar-refractivity contribution < 1.29 is 19.1 Å². The molecule has 0 bridgehead atoms. The average Bonchev–Trinajstić information content (AvgIpc) is 2.74. The summed E-state index contributed by atoms with van der Waals surface area (Å²) < 4.78 is 9.66. The van der Waals surface area contributed by atoms with Gasteiger partial charge in [-0.15, -0.1) is 0 Å². The number of carbonyl (C=O) groups excluding carboxylic acids is 2. The van der Waals surface area contributed by atoms with E-state index in [4.69, 9.17) is 4.74 Å². The van der Waals surface area contributed by atoms with Gasteiger partial charge in [0, 0.05) is 25.5 Å². The number of allylic oxidation sites excluding steroid dienone is 3. The van der Waals surface area contributed by atoms with Gasteiger partial charge in [-0.2, -0.15) is 0 Å². The van der Waals surface area contributed by atoms with Crippen LogP contribution in [0.15, 0.2) is 23.8 Å². The molecule has 1 unspecified atom stereocenters. The number of hydrogen-bond donors (Lipinski definition) is 0. The minimum Gasteiger partial charge on any atom is -0.469 e. The van der Waals surface area contributed by atoms with E-state index in [9.17, 15) is 9.59 Å². The molecule has 1 aliphatic carbocycles. The lowest BCUT2D eigenvalue weighted by molar-refractivity contribution is -0.140. The third-order valence-electron chi connectivity index (χ3n) is 2.90. The second kappa shape index (κ2) is 7.82. The van der Waals surface area contributed by atoms with Crippen LogP contribution in [-0.4, -0.2) is 32.1 Å². The van der Waals surface area contributed by atoms with Gasteiger partial charge in [0.25, 0.3) is 0 Å². The summed E-state index contributed by atoms with van der Waals surface area (Å²) in [6.45, 7) is 0. The Bertz CT molecular complexity index is 355. The van der Waals surface area contributed by atoms with Crippen LogP contribution in [-0.2, 0) is 19.1 Å². The molecule has 4 heteroatoms. The van der Waals surface area contributed by atoms with E-state index < -0.39 is 0 Å². The summed E-state index contributed by atoms with van der Waals surface area (Å²) >= 11 is 0.